The number of aryl methyl sites for hydroxylation is 3. The monoisotopic (exact) mass is 356 g/mol. The number of aromatic nitrogens is 3. The van der Waals surface area contributed by atoms with Gasteiger partial charge in [0.1, 0.15) is 11.6 Å². The molecule has 0 aliphatic heterocycles. The highest BCUT2D eigenvalue weighted by atomic mass is 15.0. The zero-order chi connectivity index (χ0) is 19.0. The first kappa shape index (κ1) is 17.3. The molecule has 1 atom stereocenters. The number of anilines is 1. The van der Waals surface area contributed by atoms with Gasteiger partial charge in [-0.05, 0) is 43.9 Å². The summed E-state index contributed by atoms with van der Waals surface area (Å²) >= 11 is 0. The average Bonchev–Trinajstić information content (AvgIpc) is 3.02. The Hall–Kier alpha value is -3.14. The number of fused-ring (bicyclic) bond motifs is 1. The Bertz CT molecular complexity index is 1090. The van der Waals surface area contributed by atoms with Crippen molar-refractivity contribution in [2.45, 2.75) is 26.8 Å². The molecule has 0 aliphatic carbocycles. The van der Waals surface area contributed by atoms with Gasteiger partial charge in [0.15, 0.2) is 0 Å². The summed E-state index contributed by atoms with van der Waals surface area (Å²) in [5.41, 5.74) is 5.74. The molecule has 27 heavy (non-hydrogen) atoms. The topological polar surface area (TPSA) is 42.7 Å². The van der Waals surface area contributed by atoms with Crippen molar-refractivity contribution in [3.05, 3.63) is 77.7 Å². The molecule has 2 aromatic heterocycles. The third kappa shape index (κ3) is 3.56. The molecule has 0 saturated heterocycles. The van der Waals surface area contributed by atoms with Gasteiger partial charge in [-0.2, -0.15) is 0 Å². The fraction of sp³-hybridized carbons (Fsp3) is 0.217. The number of nitrogens with zero attached hydrogens (tertiary/aromatic N) is 3. The van der Waals surface area contributed by atoms with Crippen LogP contribution in [0.3, 0.4) is 0 Å². The molecule has 0 amide bonds. The van der Waals surface area contributed by atoms with Crippen LogP contribution >= 0.6 is 0 Å². The van der Waals surface area contributed by atoms with Crippen molar-refractivity contribution in [1.82, 2.24) is 14.5 Å². The van der Waals surface area contributed by atoms with E-state index in [1.54, 1.807) is 0 Å². The summed E-state index contributed by atoms with van der Waals surface area (Å²) in [7, 11) is 2.06. The molecule has 1 N–H and O–H groups in total. The Kier molecular flexibility index (Phi) is 4.40. The van der Waals surface area contributed by atoms with E-state index < -0.39 is 0 Å². The number of hydrogen-bond acceptors (Lipinski definition) is 3. The molecule has 4 nitrogen and oxygen atoms in total. The highest BCUT2D eigenvalue weighted by Crippen LogP contribution is 2.26. The Balaban J connectivity index is 1.66. The maximum atomic E-state index is 4.66. The molecule has 2 heterocycles. The lowest BCUT2D eigenvalue weighted by atomic mass is 10.1. The van der Waals surface area contributed by atoms with Gasteiger partial charge in [-0.25, -0.2) is 9.97 Å². The molecule has 4 rings (SSSR count). The molecular formula is C23H24N4. The Labute approximate surface area is 159 Å². The van der Waals surface area contributed by atoms with Gasteiger partial charge in [0, 0.05) is 36.4 Å². The van der Waals surface area contributed by atoms with Crippen molar-refractivity contribution in [1.29, 1.82) is 0 Å². The second kappa shape index (κ2) is 6.88. The van der Waals surface area contributed by atoms with Crippen LogP contribution in [0.5, 0.6) is 0 Å². The van der Waals surface area contributed by atoms with Crippen molar-refractivity contribution >= 4 is 16.7 Å². The SMILES string of the molecule is Cc1ccc(C(C)Nc2cc(-c3ccc4ccn(C)c4c3)nc(C)n2)cc1. The number of rotatable bonds is 4. The second-order valence-corrected chi connectivity index (χ2v) is 7.16. The summed E-state index contributed by atoms with van der Waals surface area (Å²) in [4.78, 5) is 9.24. The smallest absolute Gasteiger partial charge is 0.130 e. The molecule has 0 radical (unpaired) electrons. The van der Waals surface area contributed by atoms with Gasteiger partial charge in [0.2, 0.25) is 0 Å². The van der Waals surface area contributed by atoms with Gasteiger partial charge in [0.05, 0.1) is 5.69 Å². The van der Waals surface area contributed by atoms with Crippen molar-refractivity contribution in [2.75, 3.05) is 5.32 Å². The van der Waals surface area contributed by atoms with Crippen LogP contribution in [0.2, 0.25) is 0 Å². The van der Waals surface area contributed by atoms with Crippen molar-refractivity contribution < 1.29 is 0 Å². The highest BCUT2D eigenvalue weighted by molar-refractivity contribution is 5.85. The summed E-state index contributed by atoms with van der Waals surface area (Å²) < 4.78 is 2.13. The molecule has 0 bridgehead atoms. The van der Waals surface area contributed by atoms with E-state index in [2.05, 4.69) is 95.5 Å². The predicted molar refractivity (Wildman–Crippen MR) is 112 cm³/mol. The molecule has 1 unspecified atom stereocenters. The predicted octanol–water partition coefficient (Wildman–Crippen LogP) is 5.43. The van der Waals surface area contributed by atoms with Crippen molar-refractivity contribution in [2.24, 2.45) is 7.05 Å². The third-order valence-corrected chi connectivity index (χ3v) is 4.96. The molecule has 4 heteroatoms. The first-order chi connectivity index (χ1) is 13.0. The lowest BCUT2D eigenvalue weighted by molar-refractivity contribution is 0.867. The van der Waals surface area contributed by atoms with Crippen LogP contribution < -0.4 is 5.32 Å². The number of nitrogens with one attached hydrogen (secondary N) is 1. The van der Waals surface area contributed by atoms with Gasteiger partial charge < -0.3 is 9.88 Å². The van der Waals surface area contributed by atoms with Gasteiger partial charge in [-0.1, -0.05) is 42.0 Å². The van der Waals surface area contributed by atoms with Crippen LogP contribution in [0.25, 0.3) is 22.2 Å². The van der Waals surface area contributed by atoms with E-state index in [1.807, 2.05) is 13.0 Å². The molecule has 4 aromatic rings. The fourth-order valence-corrected chi connectivity index (χ4v) is 3.37. The average molecular weight is 356 g/mol. The van der Waals surface area contributed by atoms with E-state index in [4.69, 9.17) is 0 Å². The minimum Gasteiger partial charge on any atom is -0.363 e. The fourth-order valence-electron chi connectivity index (χ4n) is 3.37. The standard InChI is InChI=1S/C23H24N4/c1-15-5-7-18(8-6-15)16(2)24-23-14-21(25-17(3)26-23)20-10-9-19-11-12-27(4)22(19)13-20/h5-14,16H,1-4H3,(H,24,25,26). The van der Waals surface area contributed by atoms with Crippen molar-refractivity contribution in [3.8, 4) is 11.3 Å². The van der Waals surface area contributed by atoms with Gasteiger partial charge in [0.25, 0.3) is 0 Å². The quantitative estimate of drug-likeness (QED) is 0.530. The van der Waals surface area contributed by atoms with E-state index in [-0.39, 0.29) is 6.04 Å². The Morgan fingerprint density at radius 3 is 2.48 bits per heavy atom. The Morgan fingerprint density at radius 2 is 1.70 bits per heavy atom. The molecule has 0 fully saturated rings. The van der Waals surface area contributed by atoms with Crippen LogP contribution in [-0.2, 0) is 7.05 Å². The summed E-state index contributed by atoms with van der Waals surface area (Å²) in [5.74, 6) is 1.61. The molecule has 2 aromatic carbocycles. The Morgan fingerprint density at radius 1 is 0.926 bits per heavy atom. The molecule has 0 aliphatic rings. The number of benzene rings is 2. The van der Waals surface area contributed by atoms with Crippen LogP contribution in [0.15, 0.2) is 60.8 Å². The molecule has 136 valence electrons. The van der Waals surface area contributed by atoms with E-state index in [0.29, 0.717) is 0 Å². The van der Waals surface area contributed by atoms with Crippen LogP contribution in [0, 0.1) is 13.8 Å². The third-order valence-electron chi connectivity index (χ3n) is 4.96. The first-order valence-corrected chi connectivity index (χ1v) is 9.24. The van der Waals surface area contributed by atoms with Crippen LogP contribution in [-0.4, -0.2) is 14.5 Å². The van der Waals surface area contributed by atoms with Crippen molar-refractivity contribution in [3.63, 3.8) is 0 Å². The van der Waals surface area contributed by atoms with E-state index in [9.17, 15) is 0 Å². The molecular weight excluding hydrogens is 332 g/mol. The van der Waals surface area contributed by atoms with Crippen LogP contribution in [0.4, 0.5) is 5.82 Å². The maximum absolute atomic E-state index is 4.66. The molecule has 0 saturated carbocycles. The van der Waals surface area contributed by atoms with Crippen LogP contribution in [0.1, 0.15) is 29.9 Å². The summed E-state index contributed by atoms with van der Waals surface area (Å²) in [6, 6.07) is 19.4. The summed E-state index contributed by atoms with van der Waals surface area (Å²) in [5, 5.41) is 4.75. The van der Waals surface area contributed by atoms with E-state index in [1.165, 1.54) is 22.0 Å². The van der Waals surface area contributed by atoms with Gasteiger partial charge >= 0.3 is 0 Å². The van der Waals surface area contributed by atoms with Gasteiger partial charge in [-0.15, -0.1) is 0 Å². The van der Waals surface area contributed by atoms with Gasteiger partial charge in [-0.3, -0.25) is 0 Å². The zero-order valence-corrected chi connectivity index (χ0v) is 16.2. The van der Waals surface area contributed by atoms with E-state index in [0.717, 1.165) is 22.9 Å². The number of hydrogen-bond donors (Lipinski definition) is 1. The second-order valence-electron chi connectivity index (χ2n) is 7.16. The largest absolute Gasteiger partial charge is 0.363 e. The zero-order valence-electron chi connectivity index (χ0n) is 16.2. The highest BCUT2D eigenvalue weighted by Gasteiger charge is 2.10. The molecule has 0 spiro atoms. The maximum Gasteiger partial charge on any atom is 0.130 e. The van der Waals surface area contributed by atoms with E-state index >= 15 is 0 Å². The minimum absolute atomic E-state index is 0.170. The minimum atomic E-state index is 0.170. The normalized spacial score (nSPS) is 12.3. The summed E-state index contributed by atoms with van der Waals surface area (Å²) in [6.45, 7) is 6.19. The lowest BCUT2D eigenvalue weighted by Crippen LogP contribution is -2.09. The lowest BCUT2D eigenvalue weighted by Gasteiger charge is -2.16. The first-order valence-electron chi connectivity index (χ1n) is 9.24. The summed E-state index contributed by atoms with van der Waals surface area (Å²) in [6.07, 6.45) is 2.08.